The maximum Gasteiger partial charge on any atom is 0.0652 e. The van der Waals surface area contributed by atoms with Crippen LogP contribution in [-0.4, -0.2) is 6.17 Å². The third-order valence-electron chi connectivity index (χ3n) is 11.9. The van der Waals surface area contributed by atoms with E-state index in [0.717, 1.165) is 48.9 Å². The molecule has 0 spiro atoms. The fourth-order valence-electron chi connectivity index (χ4n) is 9.54. The molecule has 0 saturated heterocycles. The molecule has 3 nitrogen and oxygen atoms in total. The number of nitrogens with two attached hydrogens (primary N) is 2. The van der Waals surface area contributed by atoms with Crippen molar-refractivity contribution >= 4 is 0 Å². The first-order chi connectivity index (χ1) is 19.9. The Morgan fingerprint density at radius 1 is 0.833 bits per heavy atom. The van der Waals surface area contributed by atoms with Crippen LogP contribution in [0.4, 0.5) is 0 Å². The minimum absolute atomic E-state index is 0.165. The van der Waals surface area contributed by atoms with Crippen molar-refractivity contribution < 1.29 is 0 Å². The minimum atomic E-state index is -0.202. The van der Waals surface area contributed by atoms with Crippen LogP contribution in [0, 0.1) is 70.0 Å². The van der Waals surface area contributed by atoms with Crippen LogP contribution in [0.25, 0.3) is 0 Å². The van der Waals surface area contributed by atoms with E-state index in [0.29, 0.717) is 23.2 Å². The normalized spacial score (nSPS) is 25.6. The summed E-state index contributed by atoms with van der Waals surface area (Å²) in [4.78, 5) is 0. The van der Waals surface area contributed by atoms with E-state index in [-0.39, 0.29) is 12.1 Å². The van der Waals surface area contributed by atoms with Gasteiger partial charge in [0, 0.05) is 5.92 Å². The molecule has 9 atom stereocenters. The van der Waals surface area contributed by atoms with E-state index in [1.165, 1.54) is 89.0 Å². The number of hydrogen-bond acceptors (Lipinski definition) is 3. The van der Waals surface area contributed by atoms with Crippen LogP contribution in [0.15, 0.2) is 12.2 Å². The number of rotatable bonds is 23. The maximum absolute atomic E-state index is 9.63. The molecule has 0 aromatic rings. The molecule has 0 radical (unpaired) electrons. The molecule has 246 valence electrons. The Morgan fingerprint density at radius 2 is 1.52 bits per heavy atom. The highest BCUT2D eigenvalue weighted by molar-refractivity contribution is 5.02. The summed E-state index contributed by atoms with van der Waals surface area (Å²) in [5.41, 5.74) is 14.2. The molecule has 1 aliphatic carbocycles. The molecule has 0 amide bonds. The van der Waals surface area contributed by atoms with Gasteiger partial charge in [-0.3, -0.25) is 0 Å². The van der Waals surface area contributed by atoms with Crippen LogP contribution in [0.5, 0.6) is 0 Å². The fraction of sp³-hybridized carbons (Fsp3) is 0.923. The Labute approximate surface area is 264 Å². The Bertz CT molecular complexity index is 764. The highest BCUT2D eigenvalue weighted by Gasteiger charge is 2.53. The second kappa shape index (κ2) is 20.2. The van der Waals surface area contributed by atoms with Gasteiger partial charge in [0.25, 0.3) is 0 Å². The SMILES string of the molecule is C=C(C)CCCCCC(CC(C)CCC(CCC1C(CC)C(CC(C)C#N)C(CC)C1(C)C)C(CC)CCC)C(N)N. The predicted octanol–water partition coefficient (Wildman–Crippen LogP) is 11.3. The van der Waals surface area contributed by atoms with Crippen molar-refractivity contribution in [3.8, 4) is 6.07 Å². The minimum Gasteiger partial charge on any atom is -0.316 e. The van der Waals surface area contributed by atoms with Crippen LogP contribution in [0.1, 0.15) is 165 Å². The van der Waals surface area contributed by atoms with E-state index in [9.17, 15) is 5.26 Å². The molecule has 1 aliphatic rings. The van der Waals surface area contributed by atoms with Crippen molar-refractivity contribution in [3.05, 3.63) is 12.2 Å². The highest BCUT2D eigenvalue weighted by Crippen LogP contribution is 2.60. The summed E-state index contributed by atoms with van der Waals surface area (Å²) in [6.45, 7) is 25.5. The first-order valence-electron chi connectivity index (χ1n) is 18.4. The van der Waals surface area contributed by atoms with E-state index >= 15 is 0 Å². The number of hydrogen-bond donors (Lipinski definition) is 2. The van der Waals surface area contributed by atoms with E-state index in [1.807, 2.05) is 0 Å². The standard InChI is InChI=1S/C39H75N3/c1-11-18-31(12-2)32(22-21-29(7)25-33(38(41)42)20-17-15-16-19-28(5)6)23-24-37-34(13-3)35(26-30(8)27-40)36(14-4)39(37,9)10/h29-38H,5,11-26,41-42H2,1-4,6-10H3. The molecule has 9 unspecified atom stereocenters. The summed E-state index contributed by atoms with van der Waals surface area (Å²) in [5.74, 6) is 5.89. The van der Waals surface area contributed by atoms with Gasteiger partial charge in [-0.05, 0) is 118 Å². The average molecular weight is 586 g/mol. The molecular weight excluding hydrogens is 510 g/mol. The van der Waals surface area contributed by atoms with Crippen molar-refractivity contribution in [1.29, 1.82) is 5.26 Å². The lowest BCUT2D eigenvalue weighted by molar-refractivity contribution is 0.131. The molecule has 0 heterocycles. The molecule has 0 aliphatic heterocycles. The summed E-state index contributed by atoms with van der Waals surface area (Å²) >= 11 is 0. The van der Waals surface area contributed by atoms with Gasteiger partial charge in [-0.2, -0.15) is 5.26 Å². The fourth-order valence-corrected chi connectivity index (χ4v) is 9.54. The highest BCUT2D eigenvalue weighted by atomic mass is 14.9. The third kappa shape index (κ3) is 12.3. The van der Waals surface area contributed by atoms with Crippen LogP contribution < -0.4 is 11.5 Å². The quantitative estimate of drug-likeness (QED) is 0.0711. The maximum atomic E-state index is 9.63. The van der Waals surface area contributed by atoms with E-state index in [1.54, 1.807) is 0 Å². The van der Waals surface area contributed by atoms with Crippen molar-refractivity contribution in [2.75, 3.05) is 0 Å². The molecule has 0 aromatic carbocycles. The summed E-state index contributed by atoms with van der Waals surface area (Å²) in [7, 11) is 0. The molecule has 1 rings (SSSR count). The van der Waals surface area contributed by atoms with Crippen LogP contribution >= 0.6 is 0 Å². The molecule has 3 heteroatoms. The van der Waals surface area contributed by atoms with E-state index < -0.39 is 0 Å². The lowest BCUT2D eigenvalue weighted by atomic mass is 9.69. The third-order valence-corrected chi connectivity index (χ3v) is 11.9. The van der Waals surface area contributed by atoms with Gasteiger partial charge in [-0.1, -0.05) is 105 Å². The Kier molecular flexibility index (Phi) is 18.9. The molecule has 0 bridgehead atoms. The van der Waals surface area contributed by atoms with Crippen molar-refractivity contribution in [1.82, 2.24) is 0 Å². The second-order valence-electron chi connectivity index (χ2n) is 15.6. The van der Waals surface area contributed by atoms with Gasteiger partial charge >= 0.3 is 0 Å². The molecular formula is C39H75N3. The van der Waals surface area contributed by atoms with Gasteiger partial charge in [-0.25, -0.2) is 0 Å². The van der Waals surface area contributed by atoms with Crippen LogP contribution in [0.2, 0.25) is 0 Å². The van der Waals surface area contributed by atoms with Crippen molar-refractivity contribution in [2.24, 2.45) is 70.1 Å². The smallest absolute Gasteiger partial charge is 0.0652 e. The number of nitriles is 1. The molecule has 0 aromatic heterocycles. The van der Waals surface area contributed by atoms with E-state index in [4.69, 9.17) is 11.5 Å². The summed E-state index contributed by atoms with van der Waals surface area (Å²) < 4.78 is 0. The van der Waals surface area contributed by atoms with Gasteiger partial charge in [0.2, 0.25) is 0 Å². The summed E-state index contributed by atoms with van der Waals surface area (Å²) in [6, 6.07) is 2.56. The Hall–Kier alpha value is -0.850. The molecule has 1 fully saturated rings. The zero-order valence-corrected chi connectivity index (χ0v) is 29.9. The second-order valence-corrected chi connectivity index (χ2v) is 15.6. The number of unbranched alkanes of at least 4 members (excludes halogenated alkanes) is 2. The Balaban J connectivity index is 2.91. The first-order valence-corrected chi connectivity index (χ1v) is 18.4. The van der Waals surface area contributed by atoms with Crippen molar-refractivity contribution in [2.45, 2.75) is 171 Å². The van der Waals surface area contributed by atoms with Gasteiger partial charge in [0.1, 0.15) is 0 Å². The zero-order valence-electron chi connectivity index (χ0n) is 29.9. The first kappa shape index (κ1) is 39.2. The van der Waals surface area contributed by atoms with Gasteiger partial charge in [0.15, 0.2) is 0 Å². The lowest BCUT2D eigenvalue weighted by Gasteiger charge is -2.36. The largest absolute Gasteiger partial charge is 0.316 e. The number of nitrogens with zero attached hydrogens (tertiary/aromatic N) is 1. The van der Waals surface area contributed by atoms with Gasteiger partial charge in [0.05, 0.1) is 12.2 Å². The Morgan fingerprint density at radius 3 is 2.05 bits per heavy atom. The van der Waals surface area contributed by atoms with Gasteiger partial charge in [-0.15, -0.1) is 6.58 Å². The topological polar surface area (TPSA) is 75.8 Å². The summed E-state index contributed by atoms with van der Waals surface area (Å²) in [6.07, 6.45) is 19.9. The lowest BCUT2D eigenvalue weighted by Crippen LogP contribution is -2.39. The summed E-state index contributed by atoms with van der Waals surface area (Å²) in [5, 5.41) is 9.63. The van der Waals surface area contributed by atoms with Gasteiger partial charge < -0.3 is 11.5 Å². The monoisotopic (exact) mass is 586 g/mol. The van der Waals surface area contributed by atoms with E-state index in [2.05, 4.69) is 75.0 Å². The molecule has 42 heavy (non-hydrogen) atoms. The molecule has 1 saturated carbocycles. The van der Waals surface area contributed by atoms with Crippen LogP contribution in [0.3, 0.4) is 0 Å². The predicted molar refractivity (Wildman–Crippen MR) is 186 cm³/mol. The molecule has 4 N–H and O–H groups in total. The zero-order chi connectivity index (χ0) is 31.9. The van der Waals surface area contributed by atoms with Crippen molar-refractivity contribution in [3.63, 3.8) is 0 Å². The average Bonchev–Trinajstić information content (AvgIpc) is 3.14. The number of allylic oxidation sites excluding steroid dienone is 1. The van der Waals surface area contributed by atoms with Crippen LogP contribution in [-0.2, 0) is 0 Å².